The van der Waals surface area contributed by atoms with Gasteiger partial charge in [-0.15, -0.1) is 12.4 Å². The highest BCUT2D eigenvalue weighted by molar-refractivity contribution is 5.85. The molecule has 0 heterocycles. The van der Waals surface area contributed by atoms with E-state index in [-0.39, 0.29) is 24.2 Å². The van der Waals surface area contributed by atoms with Crippen LogP contribution in [0.2, 0.25) is 0 Å². The highest BCUT2D eigenvalue weighted by Gasteiger charge is 2.22. The molecule has 0 spiro atoms. The summed E-state index contributed by atoms with van der Waals surface area (Å²) in [4.78, 5) is 14.9. The maximum atomic E-state index is 12.6. The molecule has 0 saturated carbocycles. The van der Waals surface area contributed by atoms with E-state index in [9.17, 15) is 4.79 Å². The molecule has 2 atom stereocenters. The van der Waals surface area contributed by atoms with Gasteiger partial charge in [-0.2, -0.15) is 0 Å². The highest BCUT2D eigenvalue weighted by atomic mass is 35.5. The van der Waals surface area contributed by atoms with E-state index in [1.807, 2.05) is 12.1 Å². The molecule has 0 bridgehead atoms. The van der Waals surface area contributed by atoms with Crippen molar-refractivity contribution in [2.75, 3.05) is 6.67 Å². The summed E-state index contributed by atoms with van der Waals surface area (Å²) in [5, 5.41) is 3.18. The van der Waals surface area contributed by atoms with Crippen molar-refractivity contribution in [1.82, 2.24) is 10.2 Å². The van der Waals surface area contributed by atoms with Gasteiger partial charge in [-0.1, -0.05) is 87.9 Å². The SMILES string of the molecule is CCC(C)C(CC)C(=O)NCN(Cc1ccccc1)Cc1ccccc1.Cl. The average molecular weight is 389 g/mol. The van der Waals surface area contributed by atoms with Crippen molar-refractivity contribution in [3.8, 4) is 0 Å². The van der Waals surface area contributed by atoms with Gasteiger partial charge in [-0.3, -0.25) is 9.69 Å². The second-order valence-electron chi connectivity index (χ2n) is 7.06. The highest BCUT2D eigenvalue weighted by Crippen LogP contribution is 2.19. The largest absolute Gasteiger partial charge is 0.343 e. The standard InChI is InChI=1S/C23H32N2O.ClH/c1-4-19(3)22(5-2)23(26)24-18-25(16-20-12-8-6-9-13-20)17-21-14-10-7-11-15-21;/h6-15,19,22H,4-5,16-18H2,1-3H3,(H,24,26);1H. The minimum absolute atomic E-state index is 0. The number of hydrogen-bond acceptors (Lipinski definition) is 2. The van der Waals surface area contributed by atoms with Crippen LogP contribution in [0.5, 0.6) is 0 Å². The third-order valence-corrected chi connectivity index (χ3v) is 5.08. The van der Waals surface area contributed by atoms with Gasteiger partial charge in [0, 0.05) is 19.0 Å². The van der Waals surface area contributed by atoms with Crippen LogP contribution >= 0.6 is 12.4 Å². The number of amides is 1. The number of nitrogens with zero attached hydrogens (tertiary/aromatic N) is 1. The topological polar surface area (TPSA) is 32.3 Å². The molecule has 0 aliphatic heterocycles. The first-order valence-corrected chi connectivity index (χ1v) is 9.71. The second-order valence-corrected chi connectivity index (χ2v) is 7.06. The molecule has 2 rings (SSSR count). The van der Waals surface area contributed by atoms with Gasteiger partial charge in [0.2, 0.25) is 5.91 Å². The van der Waals surface area contributed by atoms with Crippen LogP contribution < -0.4 is 5.32 Å². The zero-order valence-corrected chi connectivity index (χ0v) is 17.5. The molecular weight excluding hydrogens is 356 g/mol. The minimum Gasteiger partial charge on any atom is -0.343 e. The second kappa shape index (κ2) is 12.5. The summed E-state index contributed by atoms with van der Waals surface area (Å²) in [6, 6.07) is 20.8. The Morgan fingerprint density at radius 1 is 0.889 bits per heavy atom. The Bertz CT molecular complexity index is 606. The van der Waals surface area contributed by atoms with Crippen LogP contribution in [0.3, 0.4) is 0 Å². The molecule has 2 unspecified atom stereocenters. The smallest absolute Gasteiger partial charge is 0.224 e. The number of benzene rings is 2. The lowest BCUT2D eigenvalue weighted by Crippen LogP contribution is -2.41. The summed E-state index contributed by atoms with van der Waals surface area (Å²) < 4.78 is 0. The normalized spacial score (nSPS) is 12.9. The fourth-order valence-electron chi connectivity index (χ4n) is 3.30. The van der Waals surface area contributed by atoms with Gasteiger partial charge in [0.1, 0.15) is 0 Å². The molecular formula is C23H33ClN2O. The maximum Gasteiger partial charge on any atom is 0.224 e. The summed E-state index contributed by atoms with van der Waals surface area (Å²) in [5.41, 5.74) is 2.51. The van der Waals surface area contributed by atoms with Crippen molar-refractivity contribution in [2.45, 2.75) is 46.7 Å². The molecule has 148 valence electrons. The van der Waals surface area contributed by atoms with Crippen LogP contribution in [0.4, 0.5) is 0 Å². The molecule has 0 saturated heterocycles. The maximum absolute atomic E-state index is 12.6. The molecule has 0 aliphatic carbocycles. The predicted octanol–water partition coefficient (Wildman–Crippen LogP) is 5.26. The van der Waals surface area contributed by atoms with Crippen molar-refractivity contribution in [3.63, 3.8) is 0 Å². The molecule has 1 N–H and O–H groups in total. The van der Waals surface area contributed by atoms with Crippen LogP contribution in [0, 0.1) is 11.8 Å². The molecule has 4 heteroatoms. The molecule has 0 aromatic heterocycles. The Morgan fingerprint density at radius 2 is 1.37 bits per heavy atom. The Kier molecular flexibility index (Phi) is 10.8. The van der Waals surface area contributed by atoms with Crippen LogP contribution in [0.1, 0.15) is 44.7 Å². The zero-order chi connectivity index (χ0) is 18.8. The summed E-state index contributed by atoms with van der Waals surface area (Å²) in [7, 11) is 0. The Labute approximate surface area is 170 Å². The third kappa shape index (κ3) is 7.74. The van der Waals surface area contributed by atoms with Crippen molar-refractivity contribution < 1.29 is 4.79 Å². The first-order chi connectivity index (χ1) is 12.6. The van der Waals surface area contributed by atoms with Crippen molar-refractivity contribution in [1.29, 1.82) is 0 Å². The molecule has 2 aromatic rings. The fourth-order valence-corrected chi connectivity index (χ4v) is 3.30. The molecule has 0 fully saturated rings. The van der Waals surface area contributed by atoms with Gasteiger partial charge in [-0.05, 0) is 23.5 Å². The number of carbonyl (C=O) groups is 1. The Balaban J connectivity index is 0.00000364. The van der Waals surface area contributed by atoms with Gasteiger partial charge >= 0.3 is 0 Å². The first-order valence-electron chi connectivity index (χ1n) is 9.71. The fraction of sp³-hybridized carbons (Fsp3) is 0.435. The monoisotopic (exact) mass is 388 g/mol. The number of rotatable bonds is 10. The minimum atomic E-state index is 0. The Morgan fingerprint density at radius 3 is 1.78 bits per heavy atom. The summed E-state index contributed by atoms with van der Waals surface area (Å²) >= 11 is 0. The van der Waals surface area contributed by atoms with Crippen LogP contribution in [0.25, 0.3) is 0 Å². The van der Waals surface area contributed by atoms with E-state index >= 15 is 0 Å². The van der Waals surface area contributed by atoms with E-state index in [2.05, 4.69) is 79.5 Å². The number of halogens is 1. The van der Waals surface area contributed by atoms with Crippen molar-refractivity contribution >= 4 is 18.3 Å². The average Bonchev–Trinajstić information content (AvgIpc) is 2.68. The van der Waals surface area contributed by atoms with E-state index in [0.29, 0.717) is 12.6 Å². The number of nitrogens with one attached hydrogen (secondary N) is 1. The lowest BCUT2D eigenvalue weighted by molar-refractivity contribution is -0.127. The first kappa shape index (κ1) is 23.2. The molecule has 2 aromatic carbocycles. The van der Waals surface area contributed by atoms with Crippen LogP contribution in [-0.2, 0) is 17.9 Å². The van der Waals surface area contributed by atoms with E-state index in [1.54, 1.807) is 0 Å². The van der Waals surface area contributed by atoms with Gasteiger partial charge in [0.05, 0.1) is 6.67 Å². The lowest BCUT2D eigenvalue weighted by Gasteiger charge is -2.26. The molecule has 0 radical (unpaired) electrons. The lowest BCUT2D eigenvalue weighted by atomic mass is 9.89. The van der Waals surface area contributed by atoms with Crippen molar-refractivity contribution in [3.05, 3.63) is 71.8 Å². The predicted molar refractivity (Wildman–Crippen MR) is 116 cm³/mol. The summed E-state index contributed by atoms with van der Waals surface area (Å²) in [6.07, 6.45) is 1.92. The van der Waals surface area contributed by atoms with Crippen LogP contribution in [0.15, 0.2) is 60.7 Å². The molecule has 1 amide bonds. The van der Waals surface area contributed by atoms with Gasteiger partial charge < -0.3 is 5.32 Å². The quantitative estimate of drug-likeness (QED) is 0.563. The van der Waals surface area contributed by atoms with E-state index in [4.69, 9.17) is 0 Å². The summed E-state index contributed by atoms with van der Waals surface area (Å²) in [5.74, 6) is 0.681. The van der Waals surface area contributed by atoms with Gasteiger partial charge in [0.25, 0.3) is 0 Å². The molecule has 27 heavy (non-hydrogen) atoms. The zero-order valence-electron chi connectivity index (χ0n) is 16.7. The van der Waals surface area contributed by atoms with Crippen LogP contribution in [-0.4, -0.2) is 17.5 Å². The Hall–Kier alpha value is -1.84. The summed E-state index contributed by atoms with van der Waals surface area (Å²) in [6.45, 7) is 8.61. The third-order valence-electron chi connectivity index (χ3n) is 5.08. The van der Waals surface area contributed by atoms with Gasteiger partial charge in [-0.25, -0.2) is 0 Å². The van der Waals surface area contributed by atoms with E-state index in [0.717, 1.165) is 25.9 Å². The number of hydrogen-bond donors (Lipinski definition) is 1. The van der Waals surface area contributed by atoms with Gasteiger partial charge in [0.15, 0.2) is 0 Å². The van der Waals surface area contributed by atoms with E-state index in [1.165, 1.54) is 11.1 Å². The van der Waals surface area contributed by atoms with Crippen molar-refractivity contribution in [2.24, 2.45) is 11.8 Å². The van der Waals surface area contributed by atoms with E-state index < -0.39 is 0 Å². The molecule has 3 nitrogen and oxygen atoms in total. The molecule has 0 aliphatic rings. The number of carbonyl (C=O) groups excluding carboxylic acids is 1.